The van der Waals surface area contributed by atoms with E-state index in [0.29, 0.717) is 19.5 Å². The van der Waals surface area contributed by atoms with Crippen molar-refractivity contribution >= 4 is 23.4 Å². The van der Waals surface area contributed by atoms with Crippen molar-refractivity contribution in [1.29, 1.82) is 0 Å². The maximum atomic E-state index is 12.7. The van der Waals surface area contributed by atoms with Crippen molar-refractivity contribution in [3.05, 3.63) is 59.9 Å². The second-order valence-electron chi connectivity index (χ2n) is 7.25. The molecule has 7 nitrogen and oxygen atoms in total. The lowest BCUT2D eigenvalue weighted by molar-refractivity contribution is -0.129. The fourth-order valence-corrected chi connectivity index (χ4v) is 3.31. The molecule has 0 aliphatic carbocycles. The zero-order valence-electron chi connectivity index (χ0n) is 16.7. The molecule has 1 aliphatic heterocycles. The quantitative estimate of drug-likeness (QED) is 0.755. The molecule has 1 aliphatic rings. The third kappa shape index (κ3) is 5.40. The second kappa shape index (κ2) is 9.32. The van der Waals surface area contributed by atoms with E-state index in [1.54, 1.807) is 18.0 Å². The highest BCUT2D eigenvalue weighted by Crippen LogP contribution is 2.22. The minimum Gasteiger partial charge on any atom is -0.349 e. The van der Waals surface area contributed by atoms with Gasteiger partial charge in [-0.3, -0.25) is 19.4 Å². The van der Waals surface area contributed by atoms with Crippen LogP contribution in [0.2, 0.25) is 0 Å². The van der Waals surface area contributed by atoms with Crippen LogP contribution in [-0.2, 0) is 20.9 Å². The van der Waals surface area contributed by atoms with E-state index in [1.165, 1.54) is 0 Å². The van der Waals surface area contributed by atoms with Gasteiger partial charge in [0.05, 0.1) is 24.2 Å². The van der Waals surface area contributed by atoms with Crippen LogP contribution < -0.4 is 10.6 Å². The van der Waals surface area contributed by atoms with Crippen LogP contribution in [0.1, 0.15) is 44.0 Å². The maximum Gasteiger partial charge on any atom is 0.225 e. The number of carbonyl (C=O) groups excluding carboxylic acids is 3. The maximum absolute atomic E-state index is 12.7. The Morgan fingerprint density at radius 3 is 2.62 bits per heavy atom. The monoisotopic (exact) mass is 394 g/mol. The van der Waals surface area contributed by atoms with Gasteiger partial charge in [0.25, 0.3) is 0 Å². The molecule has 1 aromatic heterocycles. The van der Waals surface area contributed by atoms with Gasteiger partial charge in [0, 0.05) is 31.3 Å². The lowest BCUT2D eigenvalue weighted by Gasteiger charge is -2.19. The number of pyridine rings is 1. The van der Waals surface area contributed by atoms with E-state index >= 15 is 0 Å². The number of hydrogen-bond acceptors (Lipinski definition) is 4. The molecule has 3 amide bonds. The molecule has 1 fully saturated rings. The summed E-state index contributed by atoms with van der Waals surface area (Å²) in [7, 11) is 0. The van der Waals surface area contributed by atoms with Crippen molar-refractivity contribution in [2.45, 2.75) is 39.3 Å². The molecule has 2 N–H and O–H groups in total. The number of benzene rings is 1. The Morgan fingerprint density at radius 1 is 1.21 bits per heavy atom. The molecule has 7 heteroatoms. The van der Waals surface area contributed by atoms with E-state index in [4.69, 9.17) is 0 Å². The summed E-state index contributed by atoms with van der Waals surface area (Å²) in [6.45, 7) is 4.52. The van der Waals surface area contributed by atoms with Gasteiger partial charge in [-0.15, -0.1) is 0 Å². The van der Waals surface area contributed by atoms with E-state index < -0.39 is 0 Å². The molecule has 0 spiro atoms. The summed E-state index contributed by atoms with van der Waals surface area (Å²) in [6, 6.07) is 12.8. The lowest BCUT2D eigenvalue weighted by atomic mass is 10.0. The van der Waals surface area contributed by atoms with E-state index in [0.717, 1.165) is 16.9 Å². The largest absolute Gasteiger partial charge is 0.349 e. The van der Waals surface area contributed by atoms with Gasteiger partial charge in [-0.25, -0.2) is 0 Å². The van der Waals surface area contributed by atoms with Crippen LogP contribution in [0.25, 0.3) is 0 Å². The number of amides is 3. The first kappa shape index (κ1) is 20.5. The standard InChI is InChI=1S/C22H26N4O3/c1-3-20(27)25-18-9-7-16(8-10-18)15(2)24-22(29)17-12-21(28)26(13-17)14-19-6-4-5-11-23-19/h4-11,15,17H,3,12-14H2,1-2H3,(H,24,29)(H,25,27). The minimum absolute atomic E-state index is 0.0283. The molecule has 1 aromatic carbocycles. The summed E-state index contributed by atoms with van der Waals surface area (Å²) < 4.78 is 0. The highest BCUT2D eigenvalue weighted by molar-refractivity contribution is 5.90. The van der Waals surface area contributed by atoms with Gasteiger partial charge in [0.2, 0.25) is 17.7 Å². The first-order chi connectivity index (χ1) is 14.0. The molecular weight excluding hydrogens is 368 g/mol. The summed E-state index contributed by atoms with van der Waals surface area (Å²) in [6.07, 6.45) is 2.33. The number of likely N-dealkylation sites (tertiary alicyclic amines) is 1. The summed E-state index contributed by atoms with van der Waals surface area (Å²) >= 11 is 0. The van der Waals surface area contributed by atoms with Crippen molar-refractivity contribution in [1.82, 2.24) is 15.2 Å². The number of anilines is 1. The number of rotatable bonds is 7. The Kier molecular flexibility index (Phi) is 6.59. The van der Waals surface area contributed by atoms with Crippen LogP contribution in [0.15, 0.2) is 48.7 Å². The number of carbonyl (C=O) groups is 3. The summed E-state index contributed by atoms with van der Waals surface area (Å²) in [5, 5.41) is 5.79. The fraction of sp³-hybridized carbons (Fsp3) is 0.364. The molecule has 2 atom stereocenters. The van der Waals surface area contributed by atoms with Gasteiger partial charge in [-0.2, -0.15) is 0 Å². The van der Waals surface area contributed by atoms with Gasteiger partial charge in [-0.1, -0.05) is 25.1 Å². The highest BCUT2D eigenvalue weighted by Gasteiger charge is 2.34. The average Bonchev–Trinajstić information content (AvgIpc) is 3.09. The van der Waals surface area contributed by atoms with Gasteiger partial charge in [-0.05, 0) is 36.8 Å². The van der Waals surface area contributed by atoms with Crippen LogP contribution in [0.4, 0.5) is 5.69 Å². The van der Waals surface area contributed by atoms with Crippen LogP contribution in [0.3, 0.4) is 0 Å². The third-order valence-corrected chi connectivity index (χ3v) is 5.04. The molecule has 29 heavy (non-hydrogen) atoms. The van der Waals surface area contributed by atoms with Crippen LogP contribution in [-0.4, -0.2) is 34.2 Å². The molecule has 0 radical (unpaired) electrons. The van der Waals surface area contributed by atoms with Gasteiger partial charge >= 0.3 is 0 Å². The van der Waals surface area contributed by atoms with Gasteiger partial charge in [0.1, 0.15) is 0 Å². The molecule has 0 bridgehead atoms. The first-order valence-corrected chi connectivity index (χ1v) is 9.84. The topological polar surface area (TPSA) is 91.4 Å². The van der Waals surface area contributed by atoms with Crippen molar-refractivity contribution in [2.75, 3.05) is 11.9 Å². The Balaban J connectivity index is 1.54. The number of hydrogen-bond donors (Lipinski definition) is 2. The molecule has 2 unspecified atom stereocenters. The van der Waals surface area contributed by atoms with Crippen molar-refractivity contribution in [3.8, 4) is 0 Å². The molecule has 1 saturated heterocycles. The van der Waals surface area contributed by atoms with Gasteiger partial charge < -0.3 is 15.5 Å². The Morgan fingerprint density at radius 2 is 1.97 bits per heavy atom. The SMILES string of the molecule is CCC(=O)Nc1ccc(C(C)NC(=O)C2CC(=O)N(Cc3ccccn3)C2)cc1. The van der Waals surface area contributed by atoms with E-state index in [1.807, 2.05) is 49.4 Å². The summed E-state index contributed by atoms with van der Waals surface area (Å²) in [4.78, 5) is 42.3. The molecular formula is C22H26N4O3. The predicted octanol–water partition coefficient (Wildman–Crippen LogP) is 2.66. The lowest BCUT2D eigenvalue weighted by Crippen LogP contribution is -2.34. The Labute approximate surface area is 170 Å². The van der Waals surface area contributed by atoms with E-state index in [9.17, 15) is 14.4 Å². The normalized spacial score (nSPS) is 17.1. The molecule has 2 aromatic rings. The van der Waals surface area contributed by atoms with Crippen molar-refractivity contribution < 1.29 is 14.4 Å². The first-order valence-electron chi connectivity index (χ1n) is 9.84. The smallest absolute Gasteiger partial charge is 0.225 e. The Hall–Kier alpha value is -3.22. The zero-order valence-corrected chi connectivity index (χ0v) is 16.7. The van der Waals surface area contributed by atoms with Crippen molar-refractivity contribution in [2.24, 2.45) is 5.92 Å². The number of nitrogens with one attached hydrogen (secondary N) is 2. The van der Waals surface area contributed by atoms with E-state index in [-0.39, 0.29) is 36.1 Å². The number of aromatic nitrogens is 1. The fourth-order valence-electron chi connectivity index (χ4n) is 3.31. The average molecular weight is 394 g/mol. The molecule has 3 rings (SSSR count). The molecule has 152 valence electrons. The van der Waals surface area contributed by atoms with Crippen LogP contribution in [0, 0.1) is 5.92 Å². The molecule has 2 heterocycles. The molecule has 0 saturated carbocycles. The number of nitrogens with zero attached hydrogens (tertiary/aromatic N) is 2. The zero-order chi connectivity index (χ0) is 20.8. The third-order valence-electron chi connectivity index (χ3n) is 5.04. The Bertz CT molecular complexity index is 867. The predicted molar refractivity (Wildman–Crippen MR) is 110 cm³/mol. The van der Waals surface area contributed by atoms with Crippen molar-refractivity contribution in [3.63, 3.8) is 0 Å². The summed E-state index contributed by atoms with van der Waals surface area (Å²) in [5.41, 5.74) is 2.47. The second-order valence-corrected chi connectivity index (χ2v) is 7.25. The van der Waals surface area contributed by atoms with Crippen LogP contribution in [0.5, 0.6) is 0 Å². The van der Waals surface area contributed by atoms with E-state index in [2.05, 4.69) is 15.6 Å². The summed E-state index contributed by atoms with van der Waals surface area (Å²) in [5.74, 6) is -0.561. The van der Waals surface area contributed by atoms with Crippen LogP contribution >= 0.6 is 0 Å². The minimum atomic E-state index is -0.364. The van der Waals surface area contributed by atoms with Gasteiger partial charge in [0.15, 0.2) is 0 Å². The highest BCUT2D eigenvalue weighted by atomic mass is 16.2.